The molecule has 4 heteroatoms. The first-order chi connectivity index (χ1) is 8.22. The van der Waals surface area contributed by atoms with E-state index in [1.54, 1.807) is 7.11 Å². The highest BCUT2D eigenvalue weighted by molar-refractivity contribution is 6.30. The summed E-state index contributed by atoms with van der Waals surface area (Å²) < 4.78 is 5.36. The van der Waals surface area contributed by atoms with E-state index in [1.807, 2.05) is 18.2 Å². The standard InChI is InChI=1S/C13H19ClN2O/c1-17-12-3-2-10(14)8-11(12)13(15)9-4-6-16-7-5-9/h2-3,8-9,13,16H,4-7,15H2,1H3/t13-/m1/s1. The Morgan fingerprint density at radius 2 is 2.12 bits per heavy atom. The van der Waals surface area contributed by atoms with Crippen LogP contribution < -0.4 is 15.8 Å². The van der Waals surface area contributed by atoms with Crippen LogP contribution in [0.25, 0.3) is 0 Å². The van der Waals surface area contributed by atoms with Crippen LogP contribution in [0.4, 0.5) is 0 Å². The zero-order chi connectivity index (χ0) is 12.3. The number of methoxy groups -OCH3 is 1. The van der Waals surface area contributed by atoms with Gasteiger partial charge < -0.3 is 15.8 Å². The predicted octanol–water partition coefficient (Wildman–Crippen LogP) is 2.35. The molecule has 0 bridgehead atoms. The van der Waals surface area contributed by atoms with Crippen LogP contribution in [0.15, 0.2) is 18.2 Å². The van der Waals surface area contributed by atoms with E-state index in [4.69, 9.17) is 22.1 Å². The van der Waals surface area contributed by atoms with E-state index in [1.165, 1.54) is 0 Å². The highest BCUT2D eigenvalue weighted by atomic mass is 35.5. The lowest BCUT2D eigenvalue weighted by Gasteiger charge is -2.29. The number of piperidine rings is 1. The number of nitrogens with one attached hydrogen (secondary N) is 1. The molecule has 1 aromatic rings. The van der Waals surface area contributed by atoms with Crippen molar-refractivity contribution < 1.29 is 4.74 Å². The van der Waals surface area contributed by atoms with Gasteiger partial charge in [-0.2, -0.15) is 0 Å². The highest BCUT2D eigenvalue weighted by Crippen LogP contribution is 2.34. The number of hydrogen-bond acceptors (Lipinski definition) is 3. The van der Waals surface area contributed by atoms with E-state index < -0.39 is 0 Å². The summed E-state index contributed by atoms with van der Waals surface area (Å²) in [5.41, 5.74) is 7.37. The Morgan fingerprint density at radius 3 is 2.76 bits per heavy atom. The van der Waals surface area contributed by atoms with Crippen molar-refractivity contribution in [2.45, 2.75) is 18.9 Å². The highest BCUT2D eigenvalue weighted by Gasteiger charge is 2.24. The Labute approximate surface area is 107 Å². The van der Waals surface area contributed by atoms with Crippen molar-refractivity contribution in [3.63, 3.8) is 0 Å². The third kappa shape index (κ3) is 2.92. The van der Waals surface area contributed by atoms with E-state index in [9.17, 15) is 0 Å². The predicted molar refractivity (Wildman–Crippen MR) is 70.5 cm³/mol. The number of nitrogens with two attached hydrogens (primary N) is 1. The summed E-state index contributed by atoms with van der Waals surface area (Å²) in [6.45, 7) is 2.09. The van der Waals surface area contributed by atoms with Crippen molar-refractivity contribution in [2.24, 2.45) is 11.7 Å². The molecule has 2 rings (SSSR count). The van der Waals surface area contributed by atoms with Crippen molar-refractivity contribution in [3.8, 4) is 5.75 Å². The topological polar surface area (TPSA) is 47.3 Å². The molecule has 0 aromatic heterocycles. The van der Waals surface area contributed by atoms with Crippen LogP contribution in [-0.2, 0) is 0 Å². The Morgan fingerprint density at radius 1 is 1.41 bits per heavy atom. The molecule has 1 aliphatic heterocycles. The Kier molecular flexibility index (Phi) is 4.26. The number of rotatable bonds is 3. The fourth-order valence-corrected chi connectivity index (χ4v) is 2.60. The average molecular weight is 255 g/mol. The number of benzene rings is 1. The molecule has 0 unspecified atom stereocenters. The van der Waals surface area contributed by atoms with Crippen LogP contribution in [-0.4, -0.2) is 20.2 Å². The second-order valence-electron chi connectivity index (χ2n) is 4.50. The molecule has 0 saturated carbocycles. The molecule has 94 valence electrons. The molecule has 3 N–H and O–H groups in total. The molecule has 1 aromatic carbocycles. The van der Waals surface area contributed by atoms with Crippen molar-refractivity contribution in [1.82, 2.24) is 5.32 Å². The van der Waals surface area contributed by atoms with Crippen molar-refractivity contribution in [3.05, 3.63) is 28.8 Å². The zero-order valence-corrected chi connectivity index (χ0v) is 10.8. The lowest BCUT2D eigenvalue weighted by Crippen LogP contribution is -2.33. The fraction of sp³-hybridized carbons (Fsp3) is 0.538. The van der Waals surface area contributed by atoms with Crippen LogP contribution >= 0.6 is 11.6 Å². The van der Waals surface area contributed by atoms with Crippen LogP contribution in [0.5, 0.6) is 5.75 Å². The summed E-state index contributed by atoms with van der Waals surface area (Å²) in [6, 6.07) is 5.65. The number of ether oxygens (including phenoxy) is 1. The van der Waals surface area contributed by atoms with Gasteiger partial charge in [-0.1, -0.05) is 11.6 Å². The SMILES string of the molecule is COc1ccc(Cl)cc1[C@H](N)C1CCNCC1. The molecule has 1 atom stereocenters. The molecule has 0 radical (unpaired) electrons. The Bertz CT molecular complexity index is 378. The monoisotopic (exact) mass is 254 g/mol. The van der Waals surface area contributed by atoms with Crippen LogP contribution in [0.1, 0.15) is 24.4 Å². The molecule has 0 spiro atoms. The average Bonchev–Trinajstić information content (AvgIpc) is 2.39. The number of hydrogen-bond donors (Lipinski definition) is 2. The molecule has 0 amide bonds. The largest absolute Gasteiger partial charge is 0.496 e. The minimum atomic E-state index is 0.00532. The van der Waals surface area contributed by atoms with Crippen molar-refractivity contribution in [2.75, 3.05) is 20.2 Å². The maximum Gasteiger partial charge on any atom is 0.123 e. The summed E-state index contributed by atoms with van der Waals surface area (Å²) in [5.74, 6) is 1.34. The summed E-state index contributed by atoms with van der Waals surface area (Å²) in [4.78, 5) is 0. The second-order valence-corrected chi connectivity index (χ2v) is 4.94. The van der Waals surface area contributed by atoms with Crippen molar-refractivity contribution >= 4 is 11.6 Å². The minimum Gasteiger partial charge on any atom is -0.496 e. The van der Waals surface area contributed by atoms with Gasteiger partial charge in [-0.05, 0) is 50.0 Å². The van der Waals surface area contributed by atoms with Gasteiger partial charge in [0, 0.05) is 16.6 Å². The molecule has 1 heterocycles. The zero-order valence-electron chi connectivity index (χ0n) is 10.1. The Balaban J connectivity index is 2.21. The fourth-order valence-electron chi connectivity index (χ4n) is 2.42. The summed E-state index contributed by atoms with van der Waals surface area (Å²) in [6.07, 6.45) is 2.22. The minimum absolute atomic E-state index is 0.00532. The summed E-state index contributed by atoms with van der Waals surface area (Å²) in [5, 5.41) is 4.06. The van der Waals surface area contributed by atoms with Gasteiger partial charge in [0.25, 0.3) is 0 Å². The Hall–Kier alpha value is -0.770. The second kappa shape index (κ2) is 5.71. The van der Waals surface area contributed by atoms with Crippen LogP contribution in [0.3, 0.4) is 0 Å². The van der Waals surface area contributed by atoms with E-state index in [0.717, 1.165) is 37.2 Å². The molecule has 1 aliphatic rings. The molecule has 17 heavy (non-hydrogen) atoms. The van der Waals surface area contributed by atoms with E-state index in [0.29, 0.717) is 10.9 Å². The first kappa shape index (κ1) is 12.7. The maximum atomic E-state index is 6.35. The lowest BCUT2D eigenvalue weighted by molar-refractivity contribution is 0.313. The van der Waals surface area contributed by atoms with Gasteiger partial charge in [-0.3, -0.25) is 0 Å². The van der Waals surface area contributed by atoms with Gasteiger partial charge >= 0.3 is 0 Å². The molecule has 3 nitrogen and oxygen atoms in total. The van der Waals surface area contributed by atoms with Crippen LogP contribution in [0.2, 0.25) is 5.02 Å². The van der Waals surface area contributed by atoms with E-state index in [2.05, 4.69) is 5.32 Å². The molecular formula is C13H19ClN2O. The molecular weight excluding hydrogens is 236 g/mol. The molecule has 0 aliphatic carbocycles. The van der Waals surface area contributed by atoms with Gasteiger partial charge in [-0.25, -0.2) is 0 Å². The van der Waals surface area contributed by atoms with E-state index in [-0.39, 0.29) is 6.04 Å². The van der Waals surface area contributed by atoms with E-state index >= 15 is 0 Å². The van der Waals surface area contributed by atoms with Crippen LogP contribution in [0, 0.1) is 5.92 Å². The normalized spacial score (nSPS) is 19.0. The van der Waals surface area contributed by atoms with Gasteiger partial charge in [0.15, 0.2) is 0 Å². The van der Waals surface area contributed by atoms with Gasteiger partial charge in [0.1, 0.15) is 5.75 Å². The van der Waals surface area contributed by atoms with Gasteiger partial charge in [-0.15, -0.1) is 0 Å². The third-order valence-corrected chi connectivity index (χ3v) is 3.68. The van der Waals surface area contributed by atoms with Gasteiger partial charge in [0.2, 0.25) is 0 Å². The summed E-state index contributed by atoms with van der Waals surface area (Å²) in [7, 11) is 1.67. The summed E-state index contributed by atoms with van der Waals surface area (Å²) >= 11 is 6.03. The lowest BCUT2D eigenvalue weighted by atomic mass is 9.86. The van der Waals surface area contributed by atoms with Crippen molar-refractivity contribution in [1.29, 1.82) is 0 Å². The first-order valence-corrected chi connectivity index (χ1v) is 6.40. The maximum absolute atomic E-state index is 6.35. The smallest absolute Gasteiger partial charge is 0.123 e. The quantitative estimate of drug-likeness (QED) is 0.871. The number of halogens is 1. The molecule has 1 saturated heterocycles. The molecule has 1 fully saturated rings. The third-order valence-electron chi connectivity index (χ3n) is 3.44. The van der Waals surface area contributed by atoms with Gasteiger partial charge in [0.05, 0.1) is 7.11 Å². The first-order valence-electron chi connectivity index (χ1n) is 6.02.